The van der Waals surface area contributed by atoms with Crippen LogP contribution in [0.3, 0.4) is 0 Å². The lowest BCUT2D eigenvalue weighted by molar-refractivity contribution is 0.0993. The first-order chi connectivity index (χ1) is 8.90. The van der Waals surface area contributed by atoms with E-state index in [2.05, 4.69) is 9.71 Å². The number of aromatic amines is 1. The van der Waals surface area contributed by atoms with Crippen LogP contribution in [0.1, 0.15) is 24.3 Å². The molecule has 2 rings (SSSR count). The Balaban J connectivity index is 2.67. The Morgan fingerprint density at radius 2 is 2.16 bits per heavy atom. The van der Waals surface area contributed by atoms with Crippen LogP contribution in [-0.2, 0) is 11.0 Å². The molecule has 4 N–H and O–H groups in total. The van der Waals surface area contributed by atoms with Gasteiger partial charge in [0.05, 0.1) is 4.90 Å². The summed E-state index contributed by atoms with van der Waals surface area (Å²) in [6.07, 6.45) is 0. The lowest BCUT2D eigenvalue weighted by Gasteiger charge is -2.08. The number of amides is 1. The normalized spacial score (nSPS) is 13.1. The predicted octanol–water partition coefficient (Wildman–Crippen LogP) is 1.94. The Morgan fingerprint density at radius 1 is 1.47 bits per heavy atom. The Labute approximate surface area is 118 Å². The van der Waals surface area contributed by atoms with Crippen LogP contribution < -0.4 is 10.5 Å². The maximum atomic E-state index is 12.3. The molecule has 1 unspecified atom stereocenters. The predicted molar refractivity (Wildman–Crippen MR) is 76.5 cm³/mol. The van der Waals surface area contributed by atoms with Crippen LogP contribution in [0.15, 0.2) is 23.1 Å². The Bertz CT molecular complexity index is 666. The number of hydrogen-bond donors (Lipinski definition) is 3. The van der Waals surface area contributed by atoms with Crippen molar-refractivity contribution in [1.29, 1.82) is 0 Å². The van der Waals surface area contributed by atoms with Gasteiger partial charge in [-0.2, -0.15) is 0 Å². The highest BCUT2D eigenvalue weighted by Crippen LogP contribution is 2.27. The summed E-state index contributed by atoms with van der Waals surface area (Å²) in [6, 6.07) is 5.08. The van der Waals surface area contributed by atoms with Gasteiger partial charge in [0.2, 0.25) is 0 Å². The third-order valence-corrected chi connectivity index (χ3v) is 4.20. The monoisotopic (exact) mass is 299 g/mol. The second-order valence-corrected chi connectivity index (χ2v) is 6.04. The van der Waals surface area contributed by atoms with Crippen molar-refractivity contribution < 1.29 is 9.00 Å². The van der Waals surface area contributed by atoms with Crippen LogP contribution in [0, 0.1) is 0 Å². The molecule has 102 valence electrons. The Hall–Kier alpha value is -1.37. The zero-order valence-electron chi connectivity index (χ0n) is 10.5. The molecule has 5 nitrogen and oxygen atoms in total. The molecule has 0 spiro atoms. The molecule has 0 aliphatic carbocycles. The molecule has 0 saturated heterocycles. The number of H-pyrrole nitrogens is 1. The fraction of sp³-hybridized carbons (Fsp3) is 0.250. The Kier molecular flexibility index (Phi) is 3.93. The number of halogens is 1. The van der Waals surface area contributed by atoms with Crippen LogP contribution >= 0.6 is 11.6 Å². The minimum Gasteiger partial charge on any atom is -0.364 e. The summed E-state index contributed by atoms with van der Waals surface area (Å²) in [5, 5.41) is 1.14. The molecule has 1 amide bonds. The van der Waals surface area contributed by atoms with E-state index < -0.39 is 16.9 Å². The second-order valence-electron chi connectivity index (χ2n) is 4.42. The first-order valence-electron chi connectivity index (χ1n) is 5.69. The van der Waals surface area contributed by atoms with Crippen LogP contribution in [-0.4, -0.2) is 21.1 Å². The molecule has 0 fully saturated rings. The molecule has 0 aliphatic rings. The van der Waals surface area contributed by atoms with Gasteiger partial charge >= 0.3 is 0 Å². The fourth-order valence-corrected chi connectivity index (χ4v) is 3.20. The number of hydrogen-bond acceptors (Lipinski definition) is 2. The van der Waals surface area contributed by atoms with E-state index in [0.717, 1.165) is 0 Å². The Morgan fingerprint density at radius 3 is 2.74 bits per heavy atom. The van der Waals surface area contributed by atoms with Crippen LogP contribution in [0.4, 0.5) is 0 Å². The molecule has 0 radical (unpaired) electrons. The SMILES string of the molecule is CC(C)NS(=O)c1c(C(N)=O)[nH]c2ccc(Cl)cc12. The molecule has 0 aliphatic heterocycles. The molecule has 1 atom stereocenters. The highest BCUT2D eigenvalue weighted by Gasteiger charge is 2.21. The largest absolute Gasteiger partial charge is 0.364 e. The number of primary amides is 1. The smallest absolute Gasteiger partial charge is 0.266 e. The zero-order valence-corrected chi connectivity index (χ0v) is 12.1. The van der Waals surface area contributed by atoms with Crippen molar-refractivity contribution in [3.63, 3.8) is 0 Å². The van der Waals surface area contributed by atoms with E-state index in [0.29, 0.717) is 20.8 Å². The van der Waals surface area contributed by atoms with Crippen molar-refractivity contribution in [2.24, 2.45) is 5.73 Å². The molecule has 19 heavy (non-hydrogen) atoms. The van der Waals surface area contributed by atoms with Crippen molar-refractivity contribution in [1.82, 2.24) is 9.71 Å². The molecule has 0 saturated carbocycles. The molecule has 2 aromatic rings. The minimum atomic E-state index is -1.54. The molecular weight excluding hydrogens is 286 g/mol. The van der Waals surface area contributed by atoms with E-state index in [-0.39, 0.29) is 11.7 Å². The van der Waals surface area contributed by atoms with Gasteiger partial charge in [0.1, 0.15) is 16.7 Å². The number of nitrogens with two attached hydrogens (primary N) is 1. The van der Waals surface area contributed by atoms with Gasteiger partial charge in [0.15, 0.2) is 0 Å². The lowest BCUT2D eigenvalue weighted by Crippen LogP contribution is -2.26. The van der Waals surface area contributed by atoms with Crippen molar-refractivity contribution >= 4 is 39.4 Å². The standard InChI is InChI=1S/C12H14ClN3O2S/c1-6(2)16-19(18)11-8-5-7(13)3-4-9(8)15-10(11)12(14)17/h3-6,15-16H,1-2H3,(H2,14,17). The summed E-state index contributed by atoms with van der Waals surface area (Å²) in [5.41, 5.74) is 6.14. The zero-order chi connectivity index (χ0) is 14.2. The molecule has 1 aromatic carbocycles. The van der Waals surface area contributed by atoms with Crippen molar-refractivity contribution in [3.8, 4) is 0 Å². The third-order valence-electron chi connectivity index (χ3n) is 2.49. The summed E-state index contributed by atoms with van der Waals surface area (Å²) < 4.78 is 15.1. The van der Waals surface area contributed by atoms with Gasteiger partial charge < -0.3 is 10.7 Å². The number of fused-ring (bicyclic) bond motifs is 1. The minimum absolute atomic E-state index is 0.00527. The van der Waals surface area contributed by atoms with E-state index in [9.17, 15) is 9.00 Å². The number of carbonyl (C=O) groups excluding carboxylic acids is 1. The second kappa shape index (κ2) is 5.32. The van der Waals surface area contributed by atoms with Crippen LogP contribution in [0.5, 0.6) is 0 Å². The van der Waals surface area contributed by atoms with Crippen molar-refractivity contribution in [2.75, 3.05) is 0 Å². The van der Waals surface area contributed by atoms with Crippen LogP contribution in [0.25, 0.3) is 10.9 Å². The molecule has 7 heteroatoms. The van der Waals surface area contributed by atoms with E-state index >= 15 is 0 Å². The van der Waals surface area contributed by atoms with Gasteiger partial charge in [0.25, 0.3) is 5.91 Å². The van der Waals surface area contributed by atoms with Gasteiger partial charge in [-0.05, 0) is 32.0 Å². The van der Waals surface area contributed by atoms with E-state index in [4.69, 9.17) is 17.3 Å². The molecule has 0 bridgehead atoms. The van der Waals surface area contributed by atoms with Gasteiger partial charge in [-0.25, -0.2) is 8.93 Å². The van der Waals surface area contributed by atoms with E-state index in [1.807, 2.05) is 13.8 Å². The number of aromatic nitrogens is 1. The number of rotatable bonds is 4. The molecular formula is C12H14ClN3O2S. The summed E-state index contributed by atoms with van der Waals surface area (Å²) >= 11 is 5.94. The van der Waals surface area contributed by atoms with E-state index in [1.54, 1.807) is 18.2 Å². The summed E-state index contributed by atoms with van der Waals surface area (Å²) in [6.45, 7) is 3.73. The number of carbonyl (C=O) groups is 1. The first kappa shape index (κ1) is 14.0. The summed E-state index contributed by atoms with van der Waals surface area (Å²) in [4.78, 5) is 14.7. The van der Waals surface area contributed by atoms with Gasteiger partial charge in [0, 0.05) is 22.0 Å². The fourth-order valence-electron chi connectivity index (χ4n) is 1.78. The maximum absolute atomic E-state index is 12.3. The van der Waals surface area contributed by atoms with Gasteiger partial charge in [-0.3, -0.25) is 4.79 Å². The maximum Gasteiger partial charge on any atom is 0.266 e. The van der Waals surface area contributed by atoms with Gasteiger partial charge in [-0.1, -0.05) is 11.6 Å². The topological polar surface area (TPSA) is 88.0 Å². The molecule has 1 aromatic heterocycles. The van der Waals surface area contributed by atoms with Crippen molar-refractivity contribution in [2.45, 2.75) is 24.8 Å². The van der Waals surface area contributed by atoms with Crippen LogP contribution in [0.2, 0.25) is 5.02 Å². The highest BCUT2D eigenvalue weighted by atomic mass is 35.5. The summed E-state index contributed by atoms with van der Waals surface area (Å²) in [7, 11) is -1.54. The first-order valence-corrected chi connectivity index (χ1v) is 7.22. The summed E-state index contributed by atoms with van der Waals surface area (Å²) in [5.74, 6) is -0.652. The quantitative estimate of drug-likeness (QED) is 0.805. The number of nitrogens with one attached hydrogen (secondary N) is 2. The van der Waals surface area contributed by atoms with Crippen molar-refractivity contribution in [3.05, 3.63) is 28.9 Å². The highest BCUT2D eigenvalue weighted by molar-refractivity contribution is 7.83. The third kappa shape index (κ3) is 2.80. The average Bonchev–Trinajstić information content (AvgIpc) is 2.66. The average molecular weight is 300 g/mol. The molecule has 1 heterocycles. The van der Waals surface area contributed by atoms with E-state index in [1.165, 1.54) is 0 Å². The number of benzene rings is 1. The lowest BCUT2D eigenvalue weighted by atomic mass is 10.2. The van der Waals surface area contributed by atoms with Gasteiger partial charge in [-0.15, -0.1) is 0 Å².